The van der Waals surface area contributed by atoms with Gasteiger partial charge in [0.15, 0.2) is 0 Å². The molecule has 3 rings (SSSR count). The maximum Gasteiger partial charge on any atom is 0.264 e. The number of nitrogens with one attached hydrogen (secondary N) is 1. The van der Waals surface area contributed by atoms with Gasteiger partial charge in [-0.3, -0.25) is 13.9 Å². The molecule has 0 bridgehead atoms. The Morgan fingerprint density at radius 3 is 2.12 bits per heavy atom. The van der Waals surface area contributed by atoms with E-state index < -0.39 is 28.5 Å². The number of halogens is 4. The summed E-state index contributed by atoms with van der Waals surface area (Å²) in [5, 5.41) is 4.00. The fraction of sp³-hybridized carbons (Fsp3) is 0.310. The standard InChI is InChI=1S/C29H31Cl4N3O4S/c1-3-5-13-34-29(38)27(4-2)35(18-20-11-12-21(30)17-26(20)33)28(37)19-36(24-15-22(31)14-23(32)16-24)41(39,40)25-9-7-6-8-10-25/h6-12,14-17,27H,3-5,13,18-19H2,1-2H3,(H,34,38)/t27-/m0/s1. The van der Waals surface area contributed by atoms with Gasteiger partial charge in [0.2, 0.25) is 11.8 Å². The molecule has 2 amide bonds. The topological polar surface area (TPSA) is 86.8 Å². The number of unbranched alkanes of at least 4 members (excludes halogenated alkanes) is 1. The molecule has 0 spiro atoms. The number of sulfonamides is 1. The Morgan fingerprint density at radius 2 is 1.54 bits per heavy atom. The highest BCUT2D eigenvalue weighted by molar-refractivity contribution is 7.92. The molecule has 1 N–H and O–H groups in total. The Hall–Kier alpha value is -2.49. The quantitative estimate of drug-likeness (QED) is 0.197. The van der Waals surface area contributed by atoms with E-state index in [4.69, 9.17) is 46.4 Å². The van der Waals surface area contributed by atoms with E-state index in [-0.39, 0.29) is 39.5 Å². The van der Waals surface area contributed by atoms with Crippen molar-refractivity contribution in [2.45, 2.75) is 50.6 Å². The predicted molar refractivity (Wildman–Crippen MR) is 166 cm³/mol. The van der Waals surface area contributed by atoms with Crippen molar-refractivity contribution in [2.24, 2.45) is 0 Å². The highest BCUT2D eigenvalue weighted by Gasteiger charge is 2.34. The molecule has 0 saturated carbocycles. The van der Waals surface area contributed by atoms with Crippen molar-refractivity contribution in [3.63, 3.8) is 0 Å². The average molecular weight is 659 g/mol. The van der Waals surface area contributed by atoms with E-state index in [1.165, 1.54) is 35.2 Å². The normalized spacial score (nSPS) is 12.0. The van der Waals surface area contributed by atoms with Crippen LogP contribution in [0.3, 0.4) is 0 Å². The lowest BCUT2D eigenvalue weighted by Crippen LogP contribution is -2.52. The van der Waals surface area contributed by atoms with Crippen LogP contribution >= 0.6 is 46.4 Å². The van der Waals surface area contributed by atoms with Crippen molar-refractivity contribution in [1.29, 1.82) is 0 Å². The lowest BCUT2D eigenvalue weighted by atomic mass is 10.1. The Bertz CT molecular complexity index is 1450. The van der Waals surface area contributed by atoms with Crippen molar-refractivity contribution < 1.29 is 18.0 Å². The molecule has 0 radical (unpaired) electrons. The molecular formula is C29H31Cl4N3O4S. The summed E-state index contributed by atoms with van der Waals surface area (Å²) < 4.78 is 28.7. The van der Waals surface area contributed by atoms with Crippen molar-refractivity contribution in [2.75, 3.05) is 17.4 Å². The van der Waals surface area contributed by atoms with E-state index >= 15 is 0 Å². The zero-order valence-electron chi connectivity index (χ0n) is 22.6. The van der Waals surface area contributed by atoms with Gasteiger partial charge in [0, 0.05) is 33.2 Å². The van der Waals surface area contributed by atoms with Crippen LogP contribution in [0.4, 0.5) is 5.69 Å². The summed E-state index contributed by atoms with van der Waals surface area (Å²) in [6, 6.07) is 16.0. The first-order valence-electron chi connectivity index (χ1n) is 13.0. The van der Waals surface area contributed by atoms with Gasteiger partial charge >= 0.3 is 0 Å². The number of nitrogens with zero attached hydrogens (tertiary/aromatic N) is 2. The third kappa shape index (κ3) is 8.75. The molecule has 7 nitrogen and oxygen atoms in total. The molecule has 3 aromatic carbocycles. The summed E-state index contributed by atoms with van der Waals surface area (Å²) in [6.07, 6.45) is 1.94. The predicted octanol–water partition coefficient (Wildman–Crippen LogP) is 7.22. The third-order valence-electron chi connectivity index (χ3n) is 6.32. The number of carbonyl (C=O) groups is 2. The highest BCUT2D eigenvalue weighted by Crippen LogP contribution is 2.30. The zero-order chi connectivity index (χ0) is 30.2. The number of hydrogen-bond donors (Lipinski definition) is 1. The second-order valence-corrected chi connectivity index (χ2v) is 12.9. The number of rotatable bonds is 13. The van der Waals surface area contributed by atoms with Crippen LogP contribution in [-0.4, -0.2) is 44.3 Å². The number of benzene rings is 3. The molecule has 3 aromatic rings. The molecule has 0 aliphatic carbocycles. The van der Waals surface area contributed by atoms with Crippen LogP contribution in [-0.2, 0) is 26.2 Å². The SMILES string of the molecule is CCCCNC(=O)[C@H](CC)N(Cc1ccc(Cl)cc1Cl)C(=O)CN(c1cc(Cl)cc(Cl)c1)S(=O)(=O)c1ccccc1. The average Bonchev–Trinajstić information content (AvgIpc) is 2.92. The van der Waals surface area contributed by atoms with E-state index in [9.17, 15) is 18.0 Å². The number of anilines is 1. The highest BCUT2D eigenvalue weighted by atomic mass is 35.5. The summed E-state index contributed by atoms with van der Waals surface area (Å²) in [5.74, 6) is -0.966. The van der Waals surface area contributed by atoms with Crippen LogP contribution in [0.1, 0.15) is 38.7 Å². The maximum atomic E-state index is 14.1. The van der Waals surface area contributed by atoms with Crippen LogP contribution in [0.25, 0.3) is 0 Å². The summed E-state index contributed by atoms with van der Waals surface area (Å²) in [6.45, 7) is 3.56. The minimum Gasteiger partial charge on any atom is -0.354 e. The molecule has 0 aliphatic rings. The minimum absolute atomic E-state index is 0.0273. The Balaban J connectivity index is 2.08. The summed E-state index contributed by atoms with van der Waals surface area (Å²) >= 11 is 25.0. The maximum absolute atomic E-state index is 14.1. The molecule has 1 atom stereocenters. The molecule has 12 heteroatoms. The fourth-order valence-corrected chi connectivity index (χ4v) is 6.59. The van der Waals surface area contributed by atoms with Crippen LogP contribution in [0.15, 0.2) is 71.6 Å². The molecule has 0 saturated heterocycles. The van der Waals surface area contributed by atoms with Gasteiger partial charge in [-0.05, 0) is 60.9 Å². The van der Waals surface area contributed by atoms with Gasteiger partial charge in [-0.1, -0.05) is 90.9 Å². The molecule has 0 unspecified atom stereocenters. The second-order valence-electron chi connectivity index (χ2n) is 9.28. The first-order chi connectivity index (χ1) is 19.5. The fourth-order valence-electron chi connectivity index (χ4n) is 4.19. The summed E-state index contributed by atoms with van der Waals surface area (Å²) in [7, 11) is -4.25. The molecular weight excluding hydrogens is 628 g/mol. The van der Waals surface area contributed by atoms with Gasteiger partial charge < -0.3 is 10.2 Å². The lowest BCUT2D eigenvalue weighted by molar-refractivity contribution is -0.140. The van der Waals surface area contributed by atoms with Gasteiger partial charge in [-0.15, -0.1) is 0 Å². The van der Waals surface area contributed by atoms with Crippen LogP contribution < -0.4 is 9.62 Å². The van der Waals surface area contributed by atoms with E-state index in [2.05, 4.69) is 5.32 Å². The number of carbonyl (C=O) groups excluding carboxylic acids is 2. The molecule has 0 aliphatic heterocycles. The van der Waals surface area contributed by atoms with Gasteiger partial charge in [-0.2, -0.15) is 0 Å². The Labute approximate surface area is 261 Å². The monoisotopic (exact) mass is 657 g/mol. The largest absolute Gasteiger partial charge is 0.354 e. The van der Waals surface area contributed by atoms with E-state index in [1.54, 1.807) is 43.3 Å². The van der Waals surface area contributed by atoms with Gasteiger partial charge in [-0.25, -0.2) is 8.42 Å². The molecule has 0 fully saturated rings. The van der Waals surface area contributed by atoms with Crippen molar-refractivity contribution in [3.05, 3.63) is 92.4 Å². The van der Waals surface area contributed by atoms with E-state index in [0.717, 1.165) is 17.1 Å². The van der Waals surface area contributed by atoms with Crippen molar-refractivity contribution in [1.82, 2.24) is 10.2 Å². The molecule has 0 heterocycles. The van der Waals surface area contributed by atoms with Crippen LogP contribution in [0.5, 0.6) is 0 Å². The Morgan fingerprint density at radius 1 is 0.878 bits per heavy atom. The van der Waals surface area contributed by atoms with E-state index in [1.807, 2.05) is 6.92 Å². The van der Waals surface area contributed by atoms with Gasteiger partial charge in [0.25, 0.3) is 10.0 Å². The summed E-state index contributed by atoms with van der Waals surface area (Å²) in [5.41, 5.74) is 0.650. The first-order valence-corrected chi connectivity index (χ1v) is 16.0. The molecule has 0 aromatic heterocycles. The van der Waals surface area contributed by atoms with E-state index in [0.29, 0.717) is 22.2 Å². The Kier molecular flexibility index (Phi) is 12.2. The van der Waals surface area contributed by atoms with Crippen molar-refractivity contribution in [3.8, 4) is 0 Å². The zero-order valence-corrected chi connectivity index (χ0v) is 26.5. The smallest absolute Gasteiger partial charge is 0.264 e. The van der Waals surface area contributed by atoms with Gasteiger partial charge in [0.05, 0.1) is 10.6 Å². The number of hydrogen-bond acceptors (Lipinski definition) is 4. The number of amides is 2. The summed E-state index contributed by atoms with van der Waals surface area (Å²) in [4.78, 5) is 28.7. The molecule has 41 heavy (non-hydrogen) atoms. The van der Waals surface area contributed by atoms with Crippen molar-refractivity contribution >= 4 is 73.9 Å². The first kappa shape index (κ1) is 33.0. The lowest BCUT2D eigenvalue weighted by Gasteiger charge is -2.33. The molecule has 220 valence electrons. The van der Waals surface area contributed by atoms with Gasteiger partial charge in [0.1, 0.15) is 12.6 Å². The second kappa shape index (κ2) is 15.1. The third-order valence-corrected chi connectivity index (χ3v) is 9.13. The van der Waals surface area contributed by atoms with Crippen LogP contribution in [0, 0.1) is 0 Å². The minimum atomic E-state index is -4.25. The van der Waals surface area contributed by atoms with Crippen LogP contribution in [0.2, 0.25) is 20.1 Å².